The van der Waals surface area contributed by atoms with Crippen LogP contribution in [-0.4, -0.2) is 30.6 Å². The number of rotatable bonds is 3. The van der Waals surface area contributed by atoms with Crippen molar-refractivity contribution < 1.29 is 0 Å². The Kier molecular flexibility index (Phi) is 4.57. The van der Waals surface area contributed by atoms with Gasteiger partial charge < -0.3 is 10.2 Å². The molecule has 2 unspecified atom stereocenters. The van der Waals surface area contributed by atoms with Crippen molar-refractivity contribution in [3.05, 3.63) is 34.9 Å². The number of nitrogens with zero attached hydrogens (tertiary/aromatic N) is 2. The van der Waals surface area contributed by atoms with Crippen LogP contribution in [0.3, 0.4) is 0 Å². The van der Waals surface area contributed by atoms with Crippen molar-refractivity contribution in [3.8, 4) is 6.07 Å². The summed E-state index contributed by atoms with van der Waals surface area (Å²) in [6, 6.07) is 9.40. The topological polar surface area (TPSA) is 39.1 Å². The second kappa shape index (κ2) is 6.18. The number of hydrogen-bond donors (Lipinski definition) is 1. The number of benzene rings is 1. The van der Waals surface area contributed by atoms with E-state index < -0.39 is 0 Å². The third-order valence-electron chi connectivity index (χ3n) is 4.26. The van der Waals surface area contributed by atoms with E-state index in [4.69, 9.17) is 5.26 Å². The molecule has 2 atom stereocenters. The largest absolute Gasteiger partial charge is 0.310 e. The third-order valence-corrected chi connectivity index (χ3v) is 4.26. The molecule has 3 heteroatoms. The molecule has 0 saturated carbocycles. The predicted octanol–water partition coefficient (Wildman–Crippen LogP) is 2.44. The molecule has 1 saturated heterocycles. The molecule has 0 aromatic heterocycles. The van der Waals surface area contributed by atoms with Crippen molar-refractivity contribution in [2.24, 2.45) is 0 Å². The second-order valence-electron chi connectivity index (χ2n) is 5.68. The molecule has 0 radical (unpaired) electrons. The lowest BCUT2D eigenvalue weighted by atomic mass is 9.98. The number of hydrogen-bond acceptors (Lipinski definition) is 3. The molecule has 1 heterocycles. The number of aryl methyl sites for hydroxylation is 1. The Bertz CT molecular complexity index is 475. The van der Waals surface area contributed by atoms with Crippen LogP contribution in [0, 0.1) is 18.3 Å². The molecule has 1 aromatic rings. The molecule has 1 fully saturated rings. The highest BCUT2D eigenvalue weighted by Crippen LogP contribution is 2.17. The number of nitrogens with one attached hydrogen (secondary N) is 1. The van der Waals surface area contributed by atoms with Crippen molar-refractivity contribution >= 4 is 0 Å². The smallest absolute Gasteiger partial charge is 0.0991 e. The molecular weight excluding hydrogens is 234 g/mol. The first kappa shape index (κ1) is 14.0. The van der Waals surface area contributed by atoms with E-state index in [-0.39, 0.29) is 0 Å². The lowest BCUT2D eigenvalue weighted by Gasteiger charge is -2.35. The van der Waals surface area contributed by atoms with Crippen LogP contribution in [-0.2, 0) is 6.54 Å². The Morgan fingerprint density at radius 1 is 1.47 bits per heavy atom. The highest BCUT2D eigenvalue weighted by atomic mass is 15.1. The van der Waals surface area contributed by atoms with Gasteiger partial charge in [0, 0.05) is 18.6 Å². The fraction of sp³-hybridized carbons (Fsp3) is 0.562. The first-order valence-electron chi connectivity index (χ1n) is 7.03. The summed E-state index contributed by atoms with van der Waals surface area (Å²) in [5, 5.41) is 12.5. The van der Waals surface area contributed by atoms with Crippen molar-refractivity contribution in [2.45, 2.75) is 45.3 Å². The Morgan fingerprint density at radius 3 is 2.89 bits per heavy atom. The first-order valence-corrected chi connectivity index (χ1v) is 7.03. The number of piperidine rings is 1. The van der Waals surface area contributed by atoms with Crippen molar-refractivity contribution in [2.75, 3.05) is 13.6 Å². The van der Waals surface area contributed by atoms with E-state index in [1.807, 2.05) is 12.1 Å². The van der Waals surface area contributed by atoms with Gasteiger partial charge in [-0.3, -0.25) is 0 Å². The van der Waals surface area contributed by atoms with Crippen molar-refractivity contribution in [3.63, 3.8) is 0 Å². The SMILES string of the molecule is Cc1cc(C#N)ccc1CNC1CCN(C)C(C)C1. The van der Waals surface area contributed by atoms with Gasteiger partial charge in [-0.1, -0.05) is 6.07 Å². The van der Waals surface area contributed by atoms with Gasteiger partial charge in [-0.15, -0.1) is 0 Å². The number of likely N-dealkylation sites (tertiary alicyclic amines) is 1. The lowest BCUT2D eigenvalue weighted by Crippen LogP contribution is -2.45. The quantitative estimate of drug-likeness (QED) is 0.904. The Hall–Kier alpha value is -1.37. The summed E-state index contributed by atoms with van der Waals surface area (Å²) in [4.78, 5) is 2.42. The van der Waals surface area contributed by atoms with Gasteiger partial charge in [0.25, 0.3) is 0 Å². The van der Waals surface area contributed by atoms with Crippen LogP contribution in [0.1, 0.15) is 36.5 Å². The molecule has 1 aromatic carbocycles. The van der Waals surface area contributed by atoms with Crippen LogP contribution < -0.4 is 5.32 Å². The van der Waals surface area contributed by atoms with E-state index in [0.29, 0.717) is 12.1 Å². The molecule has 2 rings (SSSR count). The molecule has 3 nitrogen and oxygen atoms in total. The van der Waals surface area contributed by atoms with Crippen LogP contribution in [0.15, 0.2) is 18.2 Å². The van der Waals surface area contributed by atoms with Gasteiger partial charge in [0.2, 0.25) is 0 Å². The minimum absolute atomic E-state index is 0.612. The van der Waals surface area contributed by atoms with Gasteiger partial charge in [-0.05, 0) is 63.5 Å². The van der Waals surface area contributed by atoms with Crippen LogP contribution in [0.2, 0.25) is 0 Å². The molecule has 0 bridgehead atoms. The van der Waals surface area contributed by atoms with Gasteiger partial charge in [0.1, 0.15) is 0 Å². The van der Waals surface area contributed by atoms with Crippen LogP contribution in [0.4, 0.5) is 0 Å². The van der Waals surface area contributed by atoms with Gasteiger partial charge in [0.15, 0.2) is 0 Å². The zero-order valence-corrected chi connectivity index (χ0v) is 12.1. The lowest BCUT2D eigenvalue weighted by molar-refractivity contribution is 0.168. The average Bonchev–Trinajstić information content (AvgIpc) is 2.41. The summed E-state index contributed by atoms with van der Waals surface area (Å²) in [7, 11) is 2.20. The molecule has 102 valence electrons. The molecule has 0 amide bonds. The molecule has 0 aliphatic carbocycles. The van der Waals surface area contributed by atoms with Crippen LogP contribution in [0.25, 0.3) is 0 Å². The van der Waals surface area contributed by atoms with E-state index in [2.05, 4.69) is 43.2 Å². The summed E-state index contributed by atoms with van der Waals surface area (Å²) >= 11 is 0. The van der Waals surface area contributed by atoms with E-state index in [0.717, 1.165) is 12.1 Å². The summed E-state index contributed by atoms with van der Waals surface area (Å²) in [6.45, 7) is 6.44. The maximum Gasteiger partial charge on any atom is 0.0991 e. The summed E-state index contributed by atoms with van der Waals surface area (Å²) in [5.41, 5.74) is 3.24. The fourth-order valence-corrected chi connectivity index (χ4v) is 2.69. The Labute approximate surface area is 116 Å². The van der Waals surface area contributed by atoms with Crippen LogP contribution >= 0.6 is 0 Å². The minimum atomic E-state index is 0.612. The fourth-order valence-electron chi connectivity index (χ4n) is 2.69. The first-order chi connectivity index (χ1) is 9.10. The van der Waals surface area contributed by atoms with Gasteiger partial charge in [0.05, 0.1) is 11.6 Å². The van der Waals surface area contributed by atoms with E-state index in [1.165, 1.54) is 30.5 Å². The maximum atomic E-state index is 8.87. The van der Waals surface area contributed by atoms with Crippen LogP contribution in [0.5, 0.6) is 0 Å². The predicted molar refractivity (Wildman–Crippen MR) is 77.8 cm³/mol. The molecular formula is C16H23N3. The van der Waals surface area contributed by atoms with E-state index in [9.17, 15) is 0 Å². The van der Waals surface area contributed by atoms with Gasteiger partial charge >= 0.3 is 0 Å². The summed E-state index contributed by atoms with van der Waals surface area (Å²) < 4.78 is 0. The highest BCUT2D eigenvalue weighted by molar-refractivity contribution is 5.37. The van der Waals surface area contributed by atoms with Crippen molar-refractivity contribution in [1.82, 2.24) is 10.2 Å². The Morgan fingerprint density at radius 2 is 2.26 bits per heavy atom. The van der Waals surface area contributed by atoms with E-state index >= 15 is 0 Å². The summed E-state index contributed by atoms with van der Waals surface area (Å²) in [6.07, 6.45) is 2.43. The number of nitriles is 1. The molecule has 1 N–H and O–H groups in total. The van der Waals surface area contributed by atoms with E-state index in [1.54, 1.807) is 0 Å². The molecule has 0 spiro atoms. The maximum absolute atomic E-state index is 8.87. The normalized spacial score (nSPS) is 24.1. The van der Waals surface area contributed by atoms with Gasteiger partial charge in [-0.2, -0.15) is 5.26 Å². The zero-order valence-electron chi connectivity index (χ0n) is 12.1. The highest BCUT2D eigenvalue weighted by Gasteiger charge is 2.22. The molecule has 1 aliphatic rings. The molecule has 1 aliphatic heterocycles. The Balaban J connectivity index is 1.91. The molecule has 19 heavy (non-hydrogen) atoms. The zero-order chi connectivity index (χ0) is 13.8. The standard InChI is InChI=1S/C16H23N3/c1-12-8-14(10-17)4-5-15(12)11-18-16-6-7-19(3)13(2)9-16/h4-5,8,13,16,18H,6-7,9,11H2,1-3H3. The van der Waals surface area contributed by atoms with Crippen molar-refractivity contribution in [1.29, 1.82) is 5.26 Å². The second-order valence-corrected chi connectivity index (χ2v) is 5.68. The minimum Gasteiger partial charge on any atom is -0.310 e. The monoisotopic (exact) mass is 257 g/mol. The summed E-state index contributed by atoms with van der Waals surface area (Å²) in [5.74, 6) is 0. The third kappa shape index (κ3) is 3.56. The average molecular weight is 257 g/mol. The van der Waals surface area contributed by atoms with Gasteiger partial charge in [-0.25, -0.2) is 0 Å².